The highest BCUT2D eigenvalue weighted by atomic mass is 35.5. The average Bonchev–Trinajstić information content (AvgIpc) is 2.57. The quantitative estimate of drug-likeness (QED) is 0.786. The van der Waals surface area contributed by atoms with Gasteiger partial charge in [-0.2, -0.15) is 13.2 Å². The molecule has 0 unspecified atom stereocenters. The van der Waals surface area contributed by atoms with Crippen LogP contribution in [0.15, 0.2) is 22.7 Å². The highest BCUT2D eigenvalue weighted by molar-refractivity contribution is 6.27. The first kappa shape index (κ1) is 11.9. The Morgan fingerprint density at radius 3 is 2.41 bits per heavy atom. The van der Waals surface area contributed by atoms with Crippen LogP contribution in [-0.4, -0.2) is 9.97 Å². The van der Waals surface area contributed by atoms with Crippen molar-refractivity contribution in [2.75, 3.05) is 0 Å². The maximum atomic E-state index is 12.3. The van der Waals surface area contributed by atoms with Crippen molar-refractivity contribution < 1.29 is 17.6 Å². The van der Waals surface area contributed by atoms with Gasteiger partial charge in [0, 0.05) is 6.20 Å². The molecule has 90 valence electrons. The van der Waals surface area contributed by atoms with Crippen LogP contribution in [0, 0.1) is 6.92 Å². The third-order valence-corrected chi connectivity index (χ3v) is 2.26. The zero-order chi connectivity index (χ0) is 12.6. The predicted octanol–water partition coefficient (Wildman–Crippen LogP) is 3.72. The van der Waals surface area contributed by atoms with E-state index in [0.717, 1.165) is 12.3 Å². The molecule has 0 atom stereocenters. The summed E-state index contributed by atoms with van der Waals surface area (Å²) in [6, 6.07) is 2.14. The van der Waals surface area contributed by atoms with Crippen molar-refractivity contribution >= 4 is 11.6 Å². The molecule has 0 bridgehead atoms. The molecule has 0 aliphatic carbocycles. The predicted molar refractivity (Wildman–Crippen MR) is 54.5 cm³/mol. The number of pyridine rings is 1. The molecule has 0 amide bonds. The highest BCUT2D eigenvalue weighted by Gasteiger charge is 2.30. The Labute approximate surface area is 99.3 Å². The molecule has 0 aromatic carbocycles. The highest BCUT2D eigenvalue weighted by Crippen LogP contribution is 2.30. The standard InChI is InChI=1S/C10H6ClF3N2O/c1-5-8(17-9(11)16-5)7-3-2-6(4-15-7)10(12,13)14/h2-4H,1H3. The summed E-state index contributed by atoms with van der Waals surface area (Å²) in [5.74, 6) is 0.267. The molecule has 0 saturated heterocycles. The van der Waals surface area contributed by atoms with Crippen molar-refractivity contribution in [1.82, 2.24) is 9.97 Å². The van der Waals surface area contributed by atoms with Gasteiger partial charge >= 0.3 is 6.18 Å². The Hall–Kier alpha value is -1.56. The summed E-state index contributed by atoms with van der Waals surface area (Å²) in [5, 5.41) is -0.0702. The smallest absolute Gasteiger partial charge is 0.417 e. The first-order valence-corrected chi connectivity index (χ1v) is 4.92. The van der Waals surface area contributed by atoms with E-state index in [1.165, 1.54) is 6.07 Å². The van der Waals surface area contributed by atoms with Gasteiger partial charge in [0.15, 0.2) is 5.76 Å². The first-order valence-electron chi connectivity index (χ1n) is 4.54. The van der Waals surface area contributed by atoms with Gasteiger partial charge in [-0.15, -0.1) is 0 Å². The summed E-state index contributed by atoms with van der Waals surface area (Å²) < 4.78 is 42.0. The van der Waals surface area contributed by atoms with Gasteiger partial charge in [0.05, 0.1) is 11.3 Å². The summed E-state index contributed by atoms with van der Waals surface area (Å²) >= 11 is 5.53. The monoisotopic (exact) mass is 262 g/mol. The molecule has 0 aliphatic rings. The lowest BCUT2D eigenvalue weighted by Gasteiger charge is -2.05. The Morgan fingerprint density at radius 1 is 1.29 bits per heavy atom. The summed E-state index contributed by atoms with van der Waals surface area (Å²) in [7, 11) is 0. The fraction of sp³-hybridized carbons (Fsp3) is 0.200. The molecule has 2 rings (SSSR count). The molecule has 2 heterocycles. The van der Waals surface area contributed by atoms with Crippen LogP contribution in [0.3, 0.4) is 0 Å². The van der Waals surface area contributed by atoms with Crippen LogP contribution < -0.4 is 0 Å². The Kier molecular flexibility index (Phi) is 2.82. The second-order valence-electron chi connectivity index (χ2n) is 3.31. The van der Waals surface area contributed by atoms with Crippen LogP contribution in [0.4, 0.5) is 13.2 Å². The van der Waals surface area contributed by atoms with Crippen LogP contribution in [0.5, 0.6) is 0 Å². The molecular formula is C10H6ClF3N2O. The fourth-order valence-electron chi connectivity index (χ4n) is 1.30. The minimum atomic E-state index is -4.40. The minimum Gasteiger partial charge on any atom is -0.426 e. The van der Waals surface area contributed by atoms with E-state index in [4.69, 9.17) is 16.0 Å². The van der Waals surface area contributed by atoms with Crippen LogP contribution in [0.25, 0.3) is 11.5 Å². The van der Waals surface area contributed by atoms with E-state index in [0.29, 0.717) is 5.69 Å². The van der Waals surface area contributed by atoms with Crippen molar-refractivity contribution in [3.05, 3.63) is 34.9 Å². The molecule has 0 fully saturated rings. The normalized spacial score (nSPS) is 11.8. The molecular weight excluding hydrogens is 257 g/mol. The van der Waals surface area contributed by atoms with E-state index in [2.05, 4.69) is 9.97 Å². The van der Waals surface area contributed by atoms with E-state index in [9.17, 15) is 13.2 Å². The number of rotatable bonds is 1. The van der Waals surface area contributed by atoms with Gasteiger partial charge in [0.2, 0.25) is 0 Å². The van der Waals surface area contributed by atoms with Gasteiger partial charge in [-0.1, -0.05) is 0 Å². The van der Waals surface area contributed by atoms with Crippen molar-refractivity contribution in [3.8, 4) is 11.5 Å². The van der Waals surface area contributed by atoms with E-state index in [-0.39, 0.29) is 16.8 Å². The number of oxazole rings is 1. The minimum absolute atomic E-state index is 0.0702. The van der Waals surface area contributed by atoms with Gasteiger partial charge in [-0.3, -0.25) is 4.98 Å². The average molecular weight is 263 g/mol. The SMILES string of the molecule is Cc1nc(Cl)oc1-c1ccc(C(F)(F)F)cn1. The van der Waals surface area contributed by atoms with Crippen molar-refractivity contribution in [1.29, 1.82) is 0 Å². The third-order valence-electron chi connectivity index (χ3n) is 2.09. The molecule has 2 aromatic rings. The molecule has 0 radical (unpaired) electrons. The Bertz CT molecular complexity index is 533. The third kappa shape index (κ3) is 2.41. The van der Waals surface area contributed by atoms with Gasteiger partial charge in [0.25, 0.3) is 5.35 Å². The summed E-state index contributed by atoms with van der Waals surface area (Å²) in [6.45, 7) is 1.63. The summed E-state index contributed by atoms with van der Waals surface area (Å²) in [4.78, 5) is 7.47. The van der Waals surface area contributed by atoms with Crippen LogP contribution in [0.2, 0.25) is 5.35 Å². The summed E-state index contributed by atoms with van der Waals surface area (Å²) in [6.07, 6.45) is -3.66. The summed E-state index contributed by atoms with van der Waals surface area (Å²) in [5.41, 5.74) is -0.0818. The van der Waals surface area contributed by atoms with Crippen molar-refractivity contribution in [2.45, 2.75) is 13.1 Å². The number of hydrogen-bond acceptors (Lipinski definition) is 3. The van der Waals surface area contributed by atoms with E-state index in [1.54, 1.807) is 6.92 Å². The number of alkyl halides is 3. The van der Waals surface area contributed by atoms with Crippen molar-refractivity contribution in [2.24, 2.45) is 0 Å². The molecule has 0 spiro atoms. The van der Waals surface area contributed by atoms with Crippen LogP contribution in [0.1, 0.15) is 11.3 Å². The lowest BCUT2D eigenvalue weighted by molar-refractivity contribution is -0.137. The van der Waals surface area contributed by atoms with Gasteiger partial charge in [0.1, 0.15) is 5.69 Å². The van der Waals surface area contributed by atoms with E-state index >= 15 is 0 Å². The van der Waals surface area contributed by atoms with E-state index < -0.39 is 11.7 Å². The second kappa shape index (κ2) is 4.03. The number of aryl methyl sites for hydroxylation is 1. The van der Waals surface area contributed by atoms with Gasteiger partial charge < -0.3 is 4.42 Å². The lowest BCUT2D eigenvalue weighted by Crippen LogP contribution is -2.05. The number of halogens is 4. The number of hydrogen-bond donors (Lipinski definition) is 0. The maximum Gasteiger partial charge on any atom is 0.417 e. The number of aromatic nitrogens is 2. The molecule has 3 nitrogen and oxygen atoms in total. The van der Waals surface area contributed by atoms with Gasteiger partial charge in [-0.25, -0.2) is 4.98 Å². The van der Waals surface area contributed by atoms with Gasteiger partial charge in [-0.05, 0) is 30.7 Å². The van der Waals surface area contributed by atoms with Crippen LogP contribution in [-0.2, 0) is 6.18 Å². The lowest BCUT2D eigenvalue weighted by atomic mass is 10.2. The topological polar surface area (TPSA) is 38.9 Å². The molecule has 0 saturated carbocycles. The maximum absolute atomic E-state index is 12.3. The zero-order valence-electron chi connectivity index (χ0n) is 8.55. The molecule has 7 heteroatoms. The van der Waals surface area contributed by atoms with Crippen LogP contribution >= 0.6 is 11.6 Å². The molecule has 17 heavy (non-hydrogen) atoms. The molecule has 0 N–H and O–H groups in total. The second-order valence-corrected chi connectivity index (χ2v) is 3.63. The molecule has 2 aromatic heterocycles. The Balaban J connectivity index is 2.39. The van der Waals surface area contributed by atoms with Crippen molar-refractivity contribution in [3.63, 3.8) is 0 Å². The number of nitrogens with zero attached hydrogens (tertiary/aromatic N) is 2. The largest absolute Gasteiger partial charge is 0.426 e. The first-order chi connectivity index (χ1) is 7.88. The zero-order valence-corrected chi connectivity index (χ0v) is 9.30. The molecule has 0 aliphatic heterocycles. The fourth-order valence-corrected chi connectivity index (χ4v) is 1.50. The Morgan fingerprint density at radius 2 is 2.00 bits per heavy atom. The van der Waals surface area contributed by atoms with E-state index in [1.807, 2.05) is 0 Å².